The normalized spacial score (nSPS) is 21.4. The maximum atomic E-state index is 13.0. The molecule has 1 spiro atoms. The number of hydrogen-bond donors (Lipinski definition) is 1. The number of fused-ring (bicyclic) bond motifs is 1. The lowest BCUT2D eigenvalue weighted by molar-refractivity contribution is -0.169. The Hall–Kier alpha value is -2.43. The summed E-state index contributed by atoms with van der Waals surface area (Å²) in [6.07, 6.45) is 3.51. The lowest BCUT2D eigenvalue weighted by Gasteiger charge is -2.60. The van der Waals surface area contributed by atoms with Crippen LogP contribution in [0.2, 0.25) is 0 Å². The second kappa shape index (κ2) is 5.30. The molecule has 1 atom stereocenters. The van der Waals surface area contributed by atoms with Crippen LogP contribution in [0.25, 0.3) is 10.9 Å². The number of carboxylic acids is 1. The summed E-state index contributed by atoms with van der Waals surface area (Å²) in [5.74, 6) is -1.09. The van der Waals surface area contributed by atoms with E-state index < -0.39 is 12.0 Å². The number of hydrogen-bond acceptors (Lipinski definition) is 3. The third kappa shape index (κ3) is 2.04. The molecule has 0 bridgehead atoms. The molecule has 2 aliphatic rings. The molecule has 5 heteroatoms. The molecule has 2 fully saturated rings. The van der Waals surface area contributed by atoms with E-state index in [4.69, 9.17) is 0 Å². The minimum Gasteiger partial charge on any atom is -0.480 e. The summed E-state index contributed by atoms with van der Waals surface area (Å²) in [5.41, 5.74) is 1.95. The highest BCUT2D eigenvalue weighted by atomic mass is 16.4. The van der Waals surface area contributed by atoms with Crippen LogP contribution in [-0.4, -0.2) is 39.5 Å². The molecule has 2 heterocycles. The summed E-state index contributed by atoms with van der Waals surface area (Å²) in [5, 5.41) is 10.5. The van der Waals surface area contributed by atoms with Gasteiger partial charge in [-0.05, 0) is 31.4 Å². The molecule has 1 aromatic carbocycles. The third-order valence-electron chi connectivity index (χ3n) is 5.59. The van der Waals surface area contributed by atoms with Gasteiger partial charge in [0.2, 0.25) is 0 Å². The van der Waals surface area contributed by atoms with Crippen molar-refractivity contribution in [2.45, 2.75) is 38.6 Å². The summed E-state index contributed by atoms with van der Waals surface area (Å²) < 4.78 is 0. The Balaban J connectivity index is 1.72. The fourth-order valence-corrected chi connectivity index (χ4v) is 4.15. The van der Waals surface area contributed by atoms with Crippen molar-refractivity contribution in [3.8, 4) is 0 Å². The van der Waals surface area contributed by atoms with E-state index in [1.54, 1.807) is 0 Å². The molecule has 1 aromatic heterocycles. The molecule has 1 saturated carbocycles. The number of pyridine rings is 1. The van der Waals surface area contributed by atoms with Crippen molar-refractivity contribution in [1.29, 1.82) is 0 Å². The molecule has 1 aliphatic carbocycles. The molecule has 4 rings (SSSR count). The summed E-state index contributed by atoms with van der Waals surface area (Å²) >= 11 is 0. The van der Waals surface area contributed by atoms with Crippen LogP contribution in [0.15, 0.2) is 30.3 Å². The van der Waals surface area contributed by atoms with E-state index in [1.807, 2.05) is 37.3 Å². The Morgan fingerprint density at radius 2 is 2.08 bits per heavy atom. The van der Waals surface area contributed by atoms with Gasteiger partial charge in [-0.3, -0.25) is 9.78 Å². The maximum Gasteiger partial charge on any atom is 0.327 e. The van der Waals surface area contributed by atoms with Gasteiger partial charge in [0, 0.05) is 17.3 Å². The minimum absolute atomic E-state index is 0.182. The topological polar surface area (TPSA) is 70.5 Å². The first-order chi connectivity index (χ1) is 11.6. The summed E-state index contributed by atoms with van der Waals surface area (Å²) in [6.45, 7) is 2.52. The van der Waals surface area contributed by atoms with Crippen LogP contribution in [-0.2, 0) is 11.2 Å². The molecular weight excluding hydrogens is 304 g/mol. The van der Waals surface area contributed by atoms with Crippen LogP contribution < -0.4 is 0 Å². The Labute approximate surface area is 140 Å². The largest absolute Gasteiger partial charge is 0.480 e. The first-order valence-corrected chi connectivity index (χ1v) is 8.48. The number of carboxylic acid groups (broad SMARTS) is 1. The zero-order valence-corrected chi connectivity index (χ0v) is 13.7. The number of aryl methyl sites for hydroxylation is 1. The number of nitrogens with zero attached hydrogens (tertiary/aromatic N) is 2. The summed E-state index contributed by atoms with van der Waals surface area (Å²) in [4.78, 5) is 30.8. The Bertz CT molecular complexity index is 842. The smallest absolute Gasteiger partial charge is 0.327 e. The molecule has 124 valence electrons. The van der Waals surface area contributed by atoms with E-state index in [2.05, 4.69) is 4.98 Å². The van der Waals surface area contributed by atoms with E-state index in [1.165, 1.54) is 4.90 Å². The second-order valence-corrected chi connectivity index (χ2v) is 6.92. The van der Waals surface area contributed by atoms with Gasteiger partial charge in [-0.1, -0.05) is 31.5 Å². The quantitative estimate of drug-likeness (QED) is 0.942. The Morgan fingerprint density at radius 1 is 1.33 bits per heavy atom. The number of para-hydroxylation sites is 1. The molecule has 1 aliphatic heterocycles. The highest BCUT2D eigenvalue weighted by Crippen LogP contribution is 2.53. The van der Waals surface area contributed by atoms with E-state index in [9.17, 15) is 14.7 Å². The SMILES string of the molecule is CCc1nc2ccccc2cc1C(=O)N1CC2(CCC2)C1C(=O)O. The van der Waals surface area contributed by atoms with Crippen molar-refractivity contribution in [2.75, 3.05) is 6.54 Å². The average molecular weight is 324 g/mol. The summed E-state index contributed by atoms with van der Waals surface area (Å²) in [6, 6.07) is 8.86. The van der Waals surface area contributed by atoms with Gasteiger partial charge in [-0.15, -0.1) is 0 Å². The number of amides is 1. The molecule has 2 aromatic rings. The van der Waals surface area contributed by atoms with Crippen LogP contribution in [0.5, 0.6) is 0 Å². The first kappa shape index (κ1) is 15.1. The number of carbonyl (C=O) groups is 2. The van der Waals surface area contributed by atoms with Crippen molar-refractivity contribution in [1.82, 2.24) is 9.88 Å². The van der Waals surface area contributed by atoms with Crippen LogP contribution in [0.1, 0.15) is 42.2 Å². The van der Waals surface area contributed by atoms with Gasteiger partial charge >= 0.3 is 5.97 Å². The van der Waals surface area contributed by atoms with Crippen LogP contribution in [0.4, 0.5) is 0 Å². The van der Waals surface area contributed by atoms with Gasteiger partial charge in [0.1, 0.15) is 6.04 Å². The lowest BCUT2D eigenvalue weighted by Crippen LogP contribution is -2.71. The highest BCUT2D eigenvalue weighted by molar-refractivity contribution is 6.01. The van der Waals surface area contributed by atoms with Crippen molar-refractivity contribution >= 4 is 22.8 Å². The second-order valence-electron chi connectivity index (χ2n) is 6.92. The number of aliphatic carboxylic acids is 1. The number of rotatable bonds is 3. The zero-order valence-electron chi connectivity index (χ0n) is 13.7. The Kier molecular flexibility index (Phi) is 3.34. The molecule has 1 amide bonds. The van der Waals surface area contributed by atoms with Crippen molar-refractivity contribution in [2.24, 2.45) is 5.41 Å². The predicted molar refractivity (Wildman–Crippen MR) is 89.9 cm³/mol. The number of benzene rings is 1. The van der Waals surface area contributed by atoms with E-state index in [-0.39, 0.29) is 11.3 Å². The highest BCUT2D eigenvalue weighted by Gasteiger charge is 2.61. The van der Waals surface area contributed by atoms with Crippen LogP contribution >= 0.6 is 0 Å². The number of aromatic nitrogens is 1. The van der Waals surface area contributed by atoms with E-state index in [0.717, 1.165) is 35.9 Å². The molecule has 5 nitrogen and oxygen atoms in total. The van der Waals surface area contributed by atoms with Crippen LogP contribution in [0.3, 0.4) is 0 Å². The first-order valence-electron chi connectivity index (χ1n) is 8.48. The van der Waals surface area contributed by atoms with E-state index >= 15 is 0 Å². The molecular formula is C19H20N2O3. The molecule has 24 heavy (non-hydrogen) atoms. The standard InChI is InChI=1S/C19H20N2O3/c1-2-14-13(10-12-6-3-4-7-15(12)20-14)17(22)21-11-19(8-5-9-19)16(21)18(23)24/h3-4,6-7,10,16H,2,5,8-9,11H2,1H3,(H,23,24). The minimum atomic E-state index is -0.888. The van der Waals surface area contributed by atoms with Crippen LogP contribution in [0, 0.1) is 5.41 Å². The number of likely N-dealkylation sites (tertiary alicyclic amines) is 1. The average Bonchev–Trinajstić information content (AvgIpc) is 2.50. The van der Waals surface area contributed by atoms with Crippen molar-refractivity contribution in [3.05, 3.63) is 41.6 Å². The molecule has 1 saturated heterocycles. The third-order valence-corrected chi connectivity index (χ3v) is 5.59. The zero-order chi connectivity index (χ0) is 16.9. The number of carbonyl (C=O) groups excluding carboxylic acids is 1. The monoisotopic (exact) mass is 324 g/mol. The summed E-state index contributed by atoms with van der Waals surface area (Å²) in [7, 11) is 0. The molecule has 1 unspecified atom stereocenters. The van der Waals surface area contributed by atoms with E-state index in [0.29, 0.717) is 18.5 Å². The van der Waals surface area contributed by atoms with Gasteiger partial charge in [-0.2, -0.15) is 0 Å². The fourth-order valence-electron chi connectivity index (χ4n) is 4.15. The molecule has 0 radical (unpaired) electrons. The van der Waals surface area contributed by atoms with Gasteiger partial charge in [-0.25, -0.2) is 4.79 Å². The van der Waals surface area contributed by atoms with Gasteiger partial charge < -0.3 is 10.0 Å². The van der Waals surface area contributed by atoms with Gasteiger partial charge in [0.15, 0.2) is 0 Å². The predicted octanol–water partition coefficient (Wildman–Crippen LogP) is 2.88. The molecule has 1 N–H and O–H groups in total. The van der Waals surface area contributed by atoms with Gasteiger partial charge in [0.25, 0.3) is 5.91 Å². The van der Waals surface area contributed by atoms with Crippen molar-refractivity contribution in [3.63, 3.8) is 0 Å². The van der Waals surface area contributed by atoms with Gasteiger partial charge in [0.05, 0.1) is 16.8 Å². The fraction of sp³-hybridized carbons (Fsp3) is 0.421. The Morgan fingerprint density at radius 3 is 2.71 bits per heavy atom. The van der Waals surface area contributed by atoms with Crippen molar-refractivity contribution < 1.29 is 14.7 Å². The maximum absolute atomic E-state index is 13.0. The lowest BCUT2D eigenvalue weighted by atomic mass is 9.58.